The smallest absolute Gasteiger partial charge is 0.0544 e. The minimum absolute atomic E-state index is 0.116. The number of alkyl halides is 2. The van der Waals surface area contributed by atoms with E-state index in [0.717, 1.165) is 19.3 Å². The Kier molecular flexibility index (Phi) is 3.89. The van der Waals surface area contributed by atoms with E-state index in [9.17, 15) is 0 Å². The topological polar surface area (TPSA) is 0 Å². The van der Waals surface area contributed by atoms with Crippen LogP contribution < -0.4 is 0 Å². The Morgan fingerprint density at radius 3 is 2.39 bits per heavy atom. The zero-order valence-corrected chi connectivity index (χ0v) is 15.4. The summed E-state index contributed by atoms with van der Waals surface area (Å²) in [5.41, 5.74) is 1.86. The van der Waals surface area contributed by atoms with Gasteiger partial charge in [-0.3, -0.25) is 0 Å². The number of allylic oxidation sites excluding steroid dienone is 4. The molecule has 2 aliphatic rings. The second-order valence-corrected chi connectivity index (χ2v) is 9.34. The first kappa shape index (κ1) is 15.1. The van der Waals surface area contributed by atoms with Crippen molar-refractivity contribution in [2.75, 3.05) is 0 Å². The van der Waals surface area contributed by atoms with Crippen LogP contribution in [0.3, 0.4) is 0 Å². The summed E-state index contributed by atoms with van der Waals surface area (Å²) >= 11 is 14.2. The molecule has 0 amide bonds. The van der Waals surface area contributed by atoms with E-state index in [1.54, 1.807) is 0 Å². The number of rotatable bonds is 0. The summed E-state index contributed by atoms with van der Waals surface area (Å²) in [4.78, 5) is 0.247. The van der Waals surface area contributed by atoms with E-state index in [1.807, 2.05) is 0 Å². The first-order valence-corrected chi connectivity index (χ1v) is 8.60. The molecule has 3 heteroatoms. The molecule has 0 nitrogen and oxygen atoms in total. The van der Waals surface area contributed by atoms with Gasteiger partial charge in [0.1, 0.15) is 0 Å². The molecule has 0 aromatic heterocycles. The zero-order chi connectivity index (χ0) is 13.8. The molecule has 0 aliphatic heterocycles. The Balaban J connectivity index is 2.43. The van der Waals surface area contributed by atoms with Crippen LogP contribution >= 0.6 is 43.5 Å². The van der Waals surface area contributed by atoms with Crippen molar-refractivity contribution in [3.8, 4) is 0 Å². The summed E-state index contributed by atoms with van der Waals surface area (Å²) in [5.74, 6) is 0. The molecule has 2 rings (SSSR count). The molecule has 0 saturated heterocycles. The fraction of sp³-hybridized carbons (Fsp3) is 0.733. The maximum atomic E-state index is 6.61. The van der Waals surface area contributed by atoms with Gasteiger partial charge in [-0.2, -0.15) is 0 Å². The summed E-state index contributed by atoms with van der Waals surface area (Å²) in [6.07, 6.45) is 7.79. The fourth-order valence-electron chi connectivity index (χ4n) is 3.45. The molecule has 102 valence electrons. The monoisotopic (exact) mass is 394 g/mol. The lowest BCUT2D eigenvalue weighted by Gasteiger charge is -2.56. The molecule has 3 atom stereocenters. The van der Waals surface area contributed by atoms with Gasteiger partial charge in [0.25, 0.3) is 0 Å². The van der Waals surface area contributed by atoms with Gasteiger partial charge in [0.2, 0.25) is 0 Å². The number of halogens is 3. The summed E-state index contributed by atoms with van der Waals surface area (Å²) in [7, 11) is 0. The van der Waals surface area contributed by atoms with Crippen LogP contribution in [0, 0.1) is 10.8 Å². The minimum Gasteiger partial charge on any atom is -0.118 e. The molecule has 0 heterocycles. The summed E-state index contributed by atoms with van der Waals surface area (Å²) in [6, 6.07) is 0. The molecular formula is C15H21Br2Cl. The quantitative estimate of drug-likeness (QED) is 0.429. The molecule has 2 aliphatic carbocycles. The highest BCUT2D eigenvalue weighted by molar-refractivity contribution is 9.11. The summed E-state index contributed by atoms with van der Waals surface area (Å²) in [6.45, 7) is 9.12. The van der Waals surface area contributed by atoms with Crippen LogP contribution in [0.15, 0.2) is 22.2 Å². The Hall–Kier alpha value is 0.730. The Labute approximate surface area is 132 Å². The Morgan fingerprint density at radius 2 is 1.83 bits per heavy atom. The van der Waals surface area contributed by atoms with Gasteiger partial charge in [-0.25, -0.2) is 0 Å². The zero-order valence-electron chi connectivity index (χ0n) is 11.5. The lowest BCUT2D eigenvalue weighted by atomic mass is 9.52. The first-order chi connectivity index (χ1) is 8.13. The molecule has 1 fully saturated rings. The molecule has 0 bridgehead atoms. The van der Waals surface area contributed by atoms with Crippen molar-refractivity contribution in [1.29, 1.82) is 0 Å². The molecule has 0 radical (unpaired) electrons. The summed E-state index contributed by atoms with van der Waals surface area (Å²) < 4.78 is 1.30. The van der Waals surface area contributed by atoms with Crippen LogP contribution in [0.25, 0.3) is 0 Å². The van der Waals surface area contributed by atoms with Crippen molar-refractivity contribution in [3.63, 3.8) is 0 Å². The molecule has 1 saturated carbocycles. The van der Waals surface area contributed by atoms with Crippen LogP contribution in [-0.2, 0) is 0 Å². The van der Waals surface area contributed by atoms with E-state index in [2.05, 4.69) is 71.7 Å². The van der Waals surface area contributed by atoms with Crippen molar-refractivity contribution < 1.29 is 0 Å². The van der Waals surface area contributed by atoms with Crippen molar-refractivity contribution in [2.45, 2.75) is 56.7 Å². The second-order valence-electron chi connectivity index (χ2n) is 6.52. The van der Waals surface area contributed by atoms with Gasteiger partial charge < -0.3 is 0 Å². The predicted octanol–water partition coefficient (Wildman–Crippen LogP) is 6.18. The van der Waals surface area contributed by atoms with Crippen molar-refractivity contribution >= 4 is 43.5 Å². The van der Waals surface area contributed by atoms with E-state index in [0.29, 0.717) is 4.83 Å². The lowest BCUT2D eigenvalue weighted by Crippen LogP contribution is -2.50. The average Bonchev–Trinajstić information content (AvgIpc) is 2.27. The van der Waals surface area contributed by atoms with Crippen LogP contribution in [-0.4, -0.2) is 9.70 Å². The maximum Gasteiger partial charge on any atom is 0.0544 e. The lowest BCUT2D eigenvalue weighted by molar-refractivity contribution is 0.0917. The number of hydrogen-bond donors (Lipinski definition) is 0. The third-order valence-electron chi connectivity index (χ3n) is 5.25. The molecule has 0 N–H and O–H groups in total. The fourth-order valence-corrected chi connectivity index (χ4v) is 4.91. The molecule has 1 spiro atoms. The van der Waals surface area contributed by atoms with Crippen LogP contribution in [0.4, 0.5) is 0 Å². The van der Waals surface area contributed by atoms with Crippen molar-refractivity contribution in [2.24, 2.45) is 10.8 Å². The average molecular weight is 397 g/mol. The van der Waals surface area contributed by atoms with Crippen LogP contribution in [0.5, 0.6) is 0 Å². The molecule has 0 unspecified atom stereocenters. The van der Waals surface area contributed by atoms with Gasteiger partial charge in [0.05, 0.1) is 4.87 Å². The van der Waals surface area contributed by atoms with Crippen LogP contribution in [0.2, 0.25) is 0 Å². The minimum atomic E-state index is -0.116. The molecule has 0 aromatic carbocycles. The van der Waals surface area contributed by atoms with Gasteiger partial charge in [0.15, 0.2) is 0 Å². The van der Waals surface area contributed by atoms with Crippen molar-refractivity contribution in [1.82, 2.24) is 0 Å². The molecule has 0 aromatic rings. The van der Waals surface area contributed by atoms with E-state index in [-0.39, 0.29) is 15.7 Å². The van der Waals surface area contributed by atoms with E-state index >= 15 is 0 Å². The Morgan fingerprint density at radius 1 is 1.22 bits per heavy atom. The standard InChI is InChI=1S/C15H21Br2Cl/c1-10-5-6-11(16)13(2,3)15(10)8-7-14(4,18)12(17)9-15/h5-6,12H,7-9H2,1-4H3/t12-,14-,15-/m1/s1. The van der Waals surface area contributed by atoms with E-state index < -0.39 is 0 Å². The number of hydrogen-bond acceptors (Lipinski definition) is 0. The highest BCUT2D eigenvalue weighted by atomic mass is 79.9. The van der Waals surface area contributed by atoms with E-state index in [4.69, 9.17) is 11.6 Å². The van der Waals surface area contributed by atoms with Gasteiger partial charge in [-0.05, 0) is 33.1 Å². The highest BCUT2D eigenvalue weighted by Gasteiger charge is 2.54. The first-order valence-electron chi connectivity index (χ1n) is 6.51. The molecular weight excluding hydrogens is 375 g/mol. The predicted molar refractivity (Wildman–Crippen MR) is 87.8 cm³/mol. The largest absolute Gasteiger partial charge is 0.118 e. The third-order valence-corrected chi connectivity index (χ3v) is 8.56. The van der Waals surface area contributed by atoms with Gasteiger partial charge >= 0.3 is 0 Å². The summed E-state index contributed by atoms with van der Waals surface area (Å²) in [5, 5.41) is 0. The maximum absolute atomic E-state index is 6.61. The van der Waals surface area contributed by atoms with Crippen molar-refractivity contribution in [3.05, 3.63) is 22.2 Å². The van der Waals surface area contributed by atoms with E-state index in [1.165, 1.54) is 10.1 Å². The Bertz CT molecular complexity index is 420. The van der Waals surface area contributed by atoms with Gasteiger partial charge in [-0.15, -0.1) is 11.6 Å². The molecule has 18 heavy (non-hydrogen) atoms. The second kappa shape index (κ2) is 4.63. The third kappa shape index (κ3) is 2.07. The van der Waals surface area contributed by atoms with Crippen LogP contribution in [0.1, 0.15) is 47.0 Å². The SMILES string of the molecule is CC1=CC=C(Br)C(C)(C)[C@@]12CC[C@@](C)(Cl)[C@H](Br)C2. The normalized spacial score (nSPS) is 43.6. The highest BCUT2D eigenvalue weighted by Crippen LogP contribution is 2.63. The van der Waals surface area contributed by atoms with Gasteiger partial charge in [0, 0.05) is 20.1 Å². The van der Waals surface area contributed by atoms with Gasteiger partial charge in [-0.1, -0.05) is 63.4 Å².